The van der Waals surface area contributed by atoms with Gasteiger partial charge in [-0.2, -0.15) is 0 Å². The molecule has 1 atom stereocenters. The number of nitrogens with zero attached hydrogens (tertiary/aromatic N) is 1. The summed E-state index contributed by atoms with van der Waals surface area (Å²) >= 11 is 0. The number of hydrogen-bond acceptors (Lipinski definition) is 3. The van der Waals surface area contributed by atoms with E-state index in [1.165, 1.54) is 0 Å². The van der Waals surface area contributed by atoms with E-state index >= 15 is 0 Å². The minimum Gasteiger partial charge on any atom is -0.309 e. The summed E-state index contributed by atoms with van der Waals surface area (Å²) in [4.78, 5) is 2.16. The van der Waals surface area contributed by atoms with E-state index in [-0.39, 0.29) is 0 Å². The quantitative estimate of drug-likeness (QED) is 0.359. The molecule has 0 bridgehead atoms. The summed E-state index contributed by atoms with van der Waals surface area (Å²) in [5.41, 5.74) is 2.82. The highest BCUT2D eigenvalue weighted by atomic mass is 15.2. The molecular weight excluding hydrogens is 162 g/mol. The molecule has 0 amide bonds. The molecule has 13 heavy (non-hydrogen) atoms. The monoisotopic (exact) mass is 183 g/mol. The lowest BCUT2D eigenvalue weighted by Crippen LogP contribution is -2.37. The van der Waals surface area contributed by atoms with E-state index in [1.54, 1.807) is 0 Å². The summed E-state index contributed by atoms with van der Waals surface area (Å²) in [6.07, 6.45) is 3.04. The molecule has 0 aliphatic rings. The Bertz CT molecular complexity index is 167. The molecule has 0 radical (unpaired) electrons. The molecule has 0 aromatic carbocycles. The highest BCUT2D eigenvalue weighted by Crippen LogP contribution is 2.00. The molecule has 0 aliphatic heterocycles. The van der Waals surface area contributed by atoms with Crippen LogP contribution >= 0.6 is 0 Å². The molecule has 3 N–H and O–H groups in total. The lowest BCUT2D eigenvalue weighted by atomic mass is 10.1. The van der Waals surface area contributed by atoms with Crippen LogP contribution in [0, 0.1) is 11.8 Å². The van der Waals surface area contributed by atoms with Crippen LogP contribution in [-0.4, -0.2) is 31.6 Å². The van der Waals surface area contributed by atoms with Crippen LogP contribution in [0.25, 0.3) is 0 Å². The first-order valence-electron chi connectivity index (χ1n) is 4.71. The summed E-state index contributed by atoms with van der Waals surface area (Å²) in [5.74, 6) is 11.3. The van der Waals surface area contributed by atoms with Crippen LogP contribution in [0.1, 0.15) is 26.2 Å². The number of hydrazine groups is 1. The Morgan fingerprint density at radius 1 is 1.38 bits per heavy atom. The number of hydrogen-bond donors (Lipinski definition) is 2. The average molecular weight is 183 g/mol. The molecular formula is C10H21N3. The van der Waals surface area contributed by atoms with Crippen molar-refractivity contribution >= 4 is 0 Å². The van der Waals surface area contributed by atoms with Crippen molar-refractivity contribution in [2.45, 2.75) is 32.2 Å². The zero-order valence-corrected chi connectivity index (χ0v) is 8.93. The maximum atomic E-state index is 5.42. The standard InChI is InChI=1S/C10H21N3/c1-4-5-6-7-10(12-11)8-9-13(2)3/h10,12H,6-9,11H2,1-3H3. The number of nitrogens with two attached hydrogens (primary N) is 1. The number of rotatable bonds is 6. The molecule has 0 spiro atoms. The van der Waals surface area contributed by atoms with Crippen LogP contribution in [0.5, 0.6) is 0 Å². The van der Waals surface area contributed by atoms with Crippen molar-refractivity contribution in [1.29, 1.82) is 0 Å². The molecule has 0 aromatic heterocycles. The lowest BCUT2D eigenvalue weighted by Gasteiger charge is -2.17. The fourth-order valence-electron chi connectivity index (χ4n) is 1.10. The van der Waals surface area contributed by atoms with Crippen molar-refractivity contribution in [3.63, 3.8) is 0 Å². The topological polar surface area (TPSA) is 41.3 Å². The zero-order valence-electron chi connectivity index (χ0n) is 8.93. The third-order valence-corrected chi connectivity index (χ3v) is 1.96. The Morgan fingerprint density at radius 2 is 2.08 bits per heavy atom. The van der Waals surface area contributed by atoms with Crippen LogP contribution in [0.4, 0.5) is 0 Å². The van der Waals surface area contributed by atoms with E-state index < -0.39 is 0 Å². The third-order valence-electron chi connectivity index (χ3n) is 1.96. The van der Waals surface area contributed by atoms with E-state index in [0.717, 1.165) is 25.8 Å². The van der Waals surface area contributed by atoms with Crippen LogP contribution in [0.2, 0.25) is 0 Å². The number of nitrogens with one attached hydrogen (secondary N) is 1. The lowest BCUT2D eigenvalue weighted by molar-refractivity contribution is 0.352. The molecule has 0 saturated carbocycles. The Balaban J connectivity index is 3.54. The summed E-state index contributed by atoms with van der Waals surface area (Å²) in [6.45, 7) is 2.93. The predicted molar refractivity (Wildman–Crippen MR) is 57.0 cm³/mol. The van der Waals surface area contributed by atoms with Gasteiger partial charge in [0.15, 0.2) is 0 Å². The van der Waals surface area contributed by atoms with Crippen molar-refractivity contribution in [1.82, 2.24) is 10.3 Å². The summed E-state index contributed by atoms with van der Waals surface area (Å²) in [7, 11) is 4.14. The van der Waals surface area contributed by atoms with E-state index in [1.807, 2.05) is 6.92 Å². The highest BCUT2D eigenvalue weighted by Gasteiger charge is 2.05. The first-order valence-corrected chi connectivity index (χ1v) is 4.71. The smallest absolute Gasteiger partial charge is 0.0231 e. The van der Waals surface area contributed by atoms with Gasteiger partial charge < -0.3 is 4.90 Å². The Kier molecular flexibility index (Phi) is 7.71. The van der Waals surface area contributed by atoms with Gasteiger partial charge in [0.2, 0.25) is 0 Å². The van der Waals surface area contributed by atoms with E-state index in [4.69, 9.17) is 5.84 Å². The Labute approximate surface area is 81.6 Å². The second-order valence-electron chi connectivity index (χ2n) is 3.42. The molecule has 3 nitrogen and oxygen atoms in total. The zero-order chi connectivity index (χ0) is 10.1. The largest absolute Gasteiger partial charge is 0.309 e. The highest BCUT2D eigenvalue weighted by molar-refractivity contribution is 4.95. The predicted octanol–water partition coefficient (Wildman–Crippen LogP) is 0.574. The van der Waals surface area contributed by atoms with Gasteiger partial charge in [0, 0.05) is 12.5 Å². The summed E-state index contributed by atoms with van der Waals surface area (Å²) in [6, 6.07) is 0.392. The minimum atomic E-state index is 0.392. The van der Waals surface area contributed by atoms with Gasteiger partial charge in [-0.1, -0.05) is 0 Å². The third kappa shape index (κ3) is 7.79. The Hall–Kier alpha value is -0.560. The van der Waals surface area contributed by atoms with E-state index in [2.05, 4.69) is 36.3 Å². The van der Waals surface area contributed by atoms with Crippen molar-refractivity contribution in [3.8, 4) is 11.8 Å². The summed E-state index contributed by atoms with van der Waals surface area (Å²) < 4.78 is 0. The molecule has 0 heterocycles. The van der Waals surface area contributed by atoms with Gasteiger partial charge in [0.1, 0.15) is 0 Å². The molecule has 0 aliphatic carbocycles. The maximum Gasteiger partial charge on any atom is 0.0231 e. The normalized spacial score (nSPS) is 12.4. The van der Waals surface area contributed by atoms with Crippen molar-refractivity contribution in [3.05, 3.63) is 0 Å². The minimum absolute atomic E-state index is 0.392. The van der Waals surface area contributed by atoms with Gasteiger partial charge in [-0.05, 0) is 40.4 Å². The van der Waals surface area contributed by atoms with Crippen LogP contribution in [0.3, 0.4) is 0 Å². The second kappa shape index (κ2) is 8.06. The van der Waals surface area contributed by atoms with Crippen molar-refractivity contribution in [2.75, 3.05) is 20.6 Å². The molecule has 0 saturated heterocycles. The van der Waals surface area contributed by atoms with Crippen LogP contribution in [-0.2, 0) is 0 Å². The first kappa shape index (κ1) is 12.4. The Morgan fingerprint density at radius 3 is 2.54 bits per heavy atom. The molecule has 0 rings (SSSR count). The van der Waals surface area contributed by atoms with Crippen LogP contribution < -0.4 is 11.3 Å². The van der Waals surface area contributed by atoms with Crippen molar-refractivity contribution in [2.24, 2.45) is 5.84 Å². The molecule has 1 unspecified atom stereocenters. The first-order chi connectivity index (χ1) is 6.20. The van der Waals surface area contributed by atoms with Gasteiger partial charge in [-0.15, -0.1) is 11.8 Å². The SMILES string of the molecule is CC#CCCC(CCN(C)C)NN. The fraction of sp³-hybridized carbons (Fsp3) is 0.800. The molecule has 0 aromatic rings. The molecule has 3 heteroatoms. The van der Waals surface area contributed by atoms with Crippen molar-refractivity contribution < 1.29 is 0 Å². The average Bonchev–Trinajstić information content (AvgIpc) is 2.10. The van der Waals surface area contributed by atoms with Crippen LogP contribution in [0.15, 0.2) is 0 Å². The van der Waals surface area contributed by atoms with E-state index in [0.29, 0.717) is 6.04 Å². The fourth-order valence-corrected chi connectivity index (χ4v) is 1.10. The molecule has 0 fully saturated rings. The van der Waals surface area contributed by atoms with E-state index in [9.17, 15) is 0 Å². The van der Waals surface area contributed by atoms with Gasteiger partial charge in [0.25, 0.3) is 0 Å². The van der Waals surface area contributed by atoms with Gasteiger partial charge in [-0.25, -0.2) is 0 Å². The maximum absolute atomic E-state index is 5.42. The molecule has 76 valence electrons. The second-order valence-corrected chi connectivity index (χ2v) is 3.42. The van der Waals surface area contributed by atoms with Gasteiger partial charge in [-0.3, -0.25) is 11.3 Å². The summed E-state index contributed by atoms with van der Waals surface area (Å²) in [5, 5.41) is 0. The van der Waals surface area contributed by atoms with Gasteiger partial charge >= 0.3 is 0 Å². The van der Waals surface area contributed by atoms with Gasteiger partial charge in [0.05, 0.1) is 0 Å².